The Balaban J connectivity index is -0.000000191. The van der Waals surface area contributed by atoms with Crippen LogP contribution in [0.25, 0.3) is 0 Å². The summed E-state index contributed by atoms with van der Waals surface area (Å²) in [5.41, 5.74) is 3.69. The number of hydrogen-bond donors (Lipinski definition) is 1. The molecule has 3 heterocycles. The zero-order valence-corrected chi connectivity index (χ0v) is 74.9. The van der Waals surface area contributed by atoms with Crippen LogP contribution < -0.4 is 95.4 Å². The first kappa shape index (κ1) is 121. The summed E-state index contributed by atoms with van der Waals surface area (Å²) in [6.45, 7) is 14.5. The molecule has 0 bridgehead atoms. The van der Waals surface area contributed by atoms with E-state index < -0.39 is 87.5 Å². The number of hydrogen-bond acceptors (Lipinski definition) is 36. The van der Waals surface area contributed by atoms with Crippen LogP contribution in [0.3, 0.4) is 0 Å². The van der Waals surface area contributed by atoms with Crippen molar-refractivity contribution in [3.8, 4) is 11.5 Å². The van der Waals surface area contributed by atoms with Crippen LogP contribution in [-0.2, 0) is 113 Å². The first-order valence-electron chi connectivity index (χ1n) is 33.4. The first-order chi connectivity index (χ1) is 52.8. The number of carbonyl (C=O) groups excluding carboxylic acids is 12. The molecule has 2 aromatic heterocycles. The van der Waals surface area contributed by atoms with Crippen LogP contribution in [0, 0.1) is 0 Å². The molecule has 5 rings (SSSR count). The van der Waals surface area contributed by atoms with Crippen molar-refractivity contribution in [3.05, 3.63) is 139 Å². The van der Waals surface area contributed by atoms with Crippen LogP contribution in [-0.4, -0.2) is 245 Å². The van der Waals surface area contributed by atoms with Gasteiger partial charge in [-0.2, -0.15) is 7.11 Å². The molecule has 0 radical (unpaired) electrons. The fraction of sp³-hybridized carbons (Fsp3) is 0.520. The number of ketones is 3. The molecule has 4 aromatic rings. The van der Waals surface area contributed by atoms with Gasteiger partial charge in [0.25, 0.3) is 11.5 Å². The Kier molecular flexibility index (Phi) is 80.9. The summed E-state index contributed by atoms with van der Waals surface area (Å²) in [5.74, 6) is -9.39. The topological polar surface area (TPSA) is 482 Å². The maximum atomic E-state index is 12.4. The molecule has 634 valence electrons. The van der Waals surface area contributed by atoms with Crippen molar-refractivity contribution >= 4 is 82.7 Å². The van der Waals surface area contributed by atoms with Crippen LogP contribution in [0.5, 0.6) is 11.5 Å². The Morgan fingerprint density at radius 1 is 0.544 bits per heavy atom. The molecule has 0 spiro atoms. The maximum absolute atomic E-state index is 12.4. The number of Topliss-reactive ketones (excluding diaryl/α,β-unsaturated/α-hetero) is 3. The molecule has 0 aliphatic carbocycles. The van der Waals surface area contributed by atoms with E-state index in [0.717, 1.165) is 79.5 Å². The van der Waals surface area contributed by atoms with E-state index in [2.05, 4.69) is 37.9 Å². The second-order valence-electron chi connectivity index (χ2n) is 22.2. The number of ether oxygens (including phenoxy) is 15. The zero-order chi connectivity index (χ0) is 87.5. The Morgan fingerprint density at radius 2 is 0.912 bits per heavy atom. The van der Waals surface area contributed by atoms with Gasteiger partial charge in [-0.3, -0.25) is 38.5 Å². The monoisotopic (exact) mass is 1660 g/mol. The molecule has 1 aliphatic rings. The molecule has 2 aromatic carbocycles. The Labute approximate surface area is 714 Å². The number of esters is 9. The van der Waals surface area contributed by atoms with E-state index in [1.807, 2.05) is 38.1 Å². The van der Waals surface area contributed by atoms with Crippen LogP contribution in [0.1, 0.15) is 140 Å². The SMILES string of the molecule is C1CCOC1.CC(C)(C)[O-].CCC(=O)/C(=C/N(C)C)C(=O)OC.CCC(=O)CC(=O)OC.CCOC(=O)c1occ(C(=O)OC)c(=O)c1OCc1ccccc1.COC(=O)C(=O)OC.COC(=O)CC(=O)CCl.COC(=O)c1occ(C(=O)OC)c(=O)c1OCc1ccccc1.COC(C)N(C)C.COC(CN)OC.C[O-].[Na+].[Na+]. The Morgan fingerprint density at radius 3 is 1.16 bits per heavy atom. The van der Waals surface area contributed by atoms with Gasteiger partial charge in [0.2, 0.25) is 22.4 Å². The molecule has 0 saturated carbocycles. The van der Waals surface area contributed by atoms with Crippen molar-refractivity contribution in [2.24, 2.45) is 5.73 Å². The van der Waals surface area contributed by atoms with Crippen LogP contribution in [0.4, 0.5) is 0 Å². The average molecular weight is 1670 g/mol. The van der Waals surface area contributed by atoms with Crippen molar-refractivity contribution in [2.75, 3.05) is 146 Å². The molecule has 2 N–H and O–H groups in total. The minimum absolute atomic E-state index is 0. The number of benzene rings is 2. The third-order valence-electron chi connectivity index (χ3n) is 12.2. The van der Waals surface area contributed by atoms with Gasteiger partial charge >= 0.3 is 113 Å². The molecule has 36 nitrogen and oxygen atoms in total. The van der Waals surface area contributed by atoms with Crippen molar-refractivity contribution in [1.82, 2.24) is 9.80 Å². The van der Waals surface area contributed by atoms with E-state index >= 15 is 0 Å². The predicted molar refractivity (Wildman–Crippen MR) is 402 cm³/mol. The molecule has 0 amide bonds. The molecule has 1 fully saturated rings. The third-order valence-corrected chi connectivity index (χ3v) is 12.5. The molecule has 114 heavy (non-hydrogen) atoms. The molecule has 1 unspecified atom stereocenters. The number of alkyl halides is 1. The number of nitrogens with zero attached hydrogens (tertiary/aromatic N) is 2. The fourth-order valence-electron chi connectivity index (χ4n) is 6.31. The maximum Gasteiger partial charge on any atom is 1.00 e. The van der Waals surface area contributed by atoms with Crippen molar-refractivity contribution < 1.29 is 207 Å². The summed E-state index contributed by atoms with van der Waals surface area (Å²) >= 11 is 5.10. The van der Waals surface area contributed by atoms with Gasteiger partial charge in [-0.25, -0.2) is 33.6 Å². The van der Waals surface area contributed by atoms with E-state index in [1.165, 1.54) is 40.4 Å². The van der Waals surface area contributed by atoms with Crippen LogP contribution >= 0.6 is 11.6 Å². The molecule has 1 aliphatic heterocycles. The number of halogens is 1. The number of nitrogens with two attached hydrogens (primary N) is 1. The van der Waals surface area contributed by atoms with Gasteiger partial charge in [0.15, 0.2) is 17.9 Å². The quantitative estimate of drug-likeness (QED) is 0.00888. The number of methoxy groups -OCH3 is 11. The van der Waals surface area contributed by atoms with Gasteiger partial charge in [-0.05, 0) is 51.9 Å². The smallest absolute Gasteiger partial charge is 0.857 e. The zero-order valence-electron chi connectivity index (χ0n) is 70.2. The van der Waals surface area contributed by atoms with Crippen LogP contribution in [0.2, 0.25) is 0 Å². The second-order valence-corrected chi connectivity index (χ2v) is 22.5. The van der Waals surface area contributed by atoms with Crippen molar-refractivity contribution in [1.29, 1.82) is 0 Å². The van der Waals surface area contributed by atoms with Gasteiger partial charge in [0, 0.05) is 74.2 Å². The number of rotatable bonds is 26. The van der Waals surface area contributed by atoms with Gasteiger partial charge in [-0.1, -0.05) is 95.3 Å². The molecule has 1 saturated heterocycles. The average Bonchev–Trinajstić information content (AvgIpc) is 0.893. The summed E-state index contributed by atoms with van der Waals surface area (Å²) in [4.78, 5) is 159. The summed E-state index contributed by atoms with van der Waals surface area (Å²) < 4.78 is 79.6. The van der Waals surface area contributed by atoms with Gasteiger partial charge < -0.3 is 101 Å². The van der Waals surface area contributed by atoms with Crippen molar-refractivity contribution in [2.45, 2.75) is 118 Å². The Bertz CT molecular complexity index is 3390. The van der Waals surface area contributed by atoms with Gasteiger partial charge in [0.1, 0.15) is 67.3 Å². The molecule has 1 atom stereocenters. The van der Waals surface area contributed by atoms with Gasteiger partial charge in [-0.15, -0.1) is 17.2 Å². The number of carbonyl (C=O) groups is 12. The van der Waals surface area contributed by atoms with Crippen LogP contribution in [0.15, 0.2) is 103 Å². The molecule has 39 heteroatoms. The summed E-state index contributed by atoms with van der Waals surface area (Å²) in [7, 11) is 22.4. The summed E-state index contributed by atoms with van der Waals surface area (Å²) in [6, 6.07) is 18.0. The minimum Gasteiger partial charge on any atom is -0.857 e. The molecular weight excluding hydrogens is 1550 g/mol. The van der Waals surface area contributed by atoms with E-state index in [0.29, 0.717) is 19.4 Å². The standard InChI is InChI=1S/C17H16O7.C16H14O7.C9H15NO3.C6H10O3.C5H7ClO3.C5H13NO.C4H11NO2.C4H6O4.C4H8O.C4H9O.CH3O.2Na/c1-3-22-17(20)15-14(23-9-11-7-5-4-6-8-11)13(18)12(10-24-15)16(19)21-2;1-20-15(18)11-9-23-14(16(19)21-2)13(12(11)17)22-8-10-6-4-3-5-7-10;1-5-8(11)7(6-10(2)3)9(12)13-4;1-3-5(7)4-6(8)9-2;1-9-5(8)2-4(7)3-6;1-5(7-4)6(2)3;1-6-4(3-5)7-2;1-7-3(5)4(6)8-2;1-2-4-5-3-1;1-4(2,3)5;1-2;;/h4-8,10H,3,9H2,1-2H3;3-7,9H,8H2,1-2H3;6H,5H2,1-4H3;3-4H2,1-2H3;2-3H2,1H3;5H,1-4H3;4H,3,5H2,1-2H3;1-2H3;1-4H2;1-3H3;1H3;;/q;;;;;;;;;2*-1;2*+1/b;;7-6-;;;;;;;;;;. The van der Waals surface area contributed by atoms with E-state index in [-0.39, 0.29) is 150 Å². The summed E-state index contributed by atoms with van der Waals surface area (Å²) in [5, 5.41) is 18.4. The molecular formula is C75H112ClN3Na2O33. The fourth-order valence-corrected chi connectivity index (χ4v) is 6.40. The first-order valence-corrected chi connectivity index (χ1v) is 34.0. The second kappa shape index (κ2) is 76.0. The normalized spacial score (nSPS) is 10.5. The minimum atomic E-state index is -0.979. The van der Waals surface area contributed by atoms with E-state index in [9.17, 15) is 72.2 Å². The largest absolute Gasteiger partial charge is 1.00 e. The Hall–Kier alpha value is -8.31. The van der Waals surface area contributed by atoms with Crippen molar-refractivity contribution in [3.63, 3.8) is 0 Å². The predicted octanol–water partition coefficient (Wildman–Crippen LogP) is -1.19. The third kappa shape index (κ3) is 61.2. The summed E-state index contributed by atoms with van der Waals surface area (Å²) in [6.07, 6.45) is 6.11. The van der Waals surface area contributed by atoms with E-state index in [1.54, 1.807) is 130 Å². The van der Waals surface area contributed by atoms with E-state index in [4.69, 9.17) is 64.4 Å². The van der Waals surface area contributed by atoms with Gasteiger partial charge in [0.05, 0.1) is 69.4 Å².